The molecule has 0 spiro atoms. The Labute approximate surface area is 181 Å². The second kappa shape index (κ2) is 6.73. The summed E-state index contributed by atoms with van der Waals surface area (Å²) in [5.41, 5.74) is 0.561. The molecule has 8 nitrogen and oxygen atoms in total. The number of rotatable bonds is 2. The molecule has 9 heteroatoms. The van der Waals surface area contributed by atoms with Crippen LogP contribution in [-0.2, 0) is 0 Å². The van der Waals surface area contributed by atoms with Crippen molar-refractivity contribution in [2.75, 3.05) is 31.6 Å². The fourth-order valence-electron chi connectivity index (χ4n) is 5.23. The van der Waals surface area contributed by atoms with Gasteiger partial charge in [0.1, 0.15) is 10.4 Å². The van der Waals surface area contributed by atoms with Gasteiger partial charge in [-0.3, -0.25) is 9.20 Å². The SMILES string of the molecule is CN1CCC2CN(c3ncc4c(=O)c(C(=O)O)c5sc6ccccc6n5c4n3)CCC21. The smallest absolute Gasteiger partial charge is 0.342 e. The topological polar surface area (TPSA) is 91.0 Å². The lowest BCUT2D eigenvalue weighted by Crippen LogP contribution is -2.45. The van der Waals surface area contributed by atoms with Crippen LogP contribution in [0.3, 0.4) is 0 Å². The van der Waals surface area contributed by atoms with E-state index in [0.29, 0.717) is 28.4 Å². The van der Waals surface area contributed by atoms with Crippen molar-refractivity contribution in [3.63, 3.8) is 0 Å². The lowest BCUT2D eigenvalue weighted by atomic mass is 9.93. The van der Waals surface area contributed by atoms with E-state index in [-0.39, 0.29) is 10.9 Å². The Balaban J connectivity index is 1.58. The summed E-state index contributed by atoms with van der Waals surface area (Å²) in [6.45, 7) is 2.89. The number of fused-ring (bicyclic) bond motifs is 6. The van der Waals surface area contributed by atoms with Crippen LogP contribution < -0.4 is 10.3 Å². The summed E-state index contributed by atoms with van der Waals surface area (Å²) in [6.07, 6.45) is 3.74. The Kier molecular flexibility index (Phi) is 4.06. The van der Waals surface area contributed by atoms with Gasteiger partial charge < -0.3 is 14.9 Å². The van der Waals surface area contributed by atoms with Crippen LogP contribution in [0.25, 0.3) is 26.1 Å². The number of pyridine rings is 1. The fraction of sp³-hybridized carbons (Fsp3) is 0.364. The second-order valence-corrected chi connectivity index (χ2v) is 9.49. The Hall–Kier alpha value is -3.04. The van der Waals surface area contributed by atoms with Gasteiger partial charge in [0, 0.05) is 25.3 Å². The Morgan fingerprint density at radius 1 is 1.23 bits per heavy atom. The highest BCUT2D eigenvalue weighted by atomic mass is 32.1. The molecule has 2 fully saturated rings. The van der Waals surface area contributed by atoms with E-state index in [2.05, 4.69) is 21.8 Å². The van der Waals surface area contributed by atoms with Crippen LogP contribution in [0.2, 0.25) is 0 Å². The van der Waals surface area contributed by atoms with Crippen LogP contribution in [-0.4, -0.2) is 63.1 Å². The zero-order valence-corrected chi connectivity index (χ0v) is 17.8. The quantitative estimate of drug-likeness (QED) is 0.518. The van der Waals surface area contributed by atoms with Gasteiger partial charge in [-0.15, -0.1) is 11.3 Å². The molecule has 6 rings (SSSR count). The molecule has 5 heterocycles. The van der Waals surface area contributed by atoms with E-state index in [1.165, 1.54) is 24.0 Å². The molecular formula is C22H21N5O3S. The number of carbonyl (C=O) groups is 1. The van der Waals surface area contributed by atoms with E-state index < -0.39 is 11.4 Å². The largest absolute Gasteiger partial charge is 0.477 e. The highest BCUT2D eigenvalue weighted by molar-refractivity contribution is 7.24. The highest BCUT2D eigenvalue weighted by Crippen LogP contribution is 2.33. The predicted molar refractivity (Wildman–Crippen MR) is 120 cm³/mol. The van der Waals surface area contributed by atoms with E-state index in [0.717, 1.165) is 36.3 Å². The van der Waals surface area contributed by atoms with E-state index in [9.17, 15) is 14.7 Å². The van der Waals surface area contributed by atoms with Crippen molar-refractivity contribution in [2.45, 2.75) is 18.9 Å². The van der Waals surface area contributed by atoms with Crippen LogP contribution >= 0.6 is 11.3 Å². The van der Waals surface area contributed by atoms with Crippen molar-refractivity contribution in [1.29, 1.82) is 0 Å². The number of aromatic nitrogens is 3. The fourth-order valence-corrected chi connectivity index (χ4v) is 6.41. The highest BCUT2D eigenvalue weighted by Gasteiger charge is 2.37. The molecule has 3 aromatic heterocycles. The predicted octanol–water partition coefficient (Wildman–Crippen LogP) is 2.69. The number of aromatic carboxylic acids is 1. The van der Waals surface area contributed by atoms with Crippen molar-refractivity contribution in [3.8, 4) is 0 Å². The molecule has 31 heavy (non-hydrogen) atoms. The van der Waals surface area contributed by atoms with Gasteiger partial charge in [-0.2, -0.15) is 4.98 Å². The van der Waals surface area contributed by atoms with Gasteiger partial charge in [0.2, 0.25) is 11.4 Å². The third-order valence-corrected chi connectivity index (χ3v) is 7.92. The molecule has 0 saturated carbocycles. The molecule has 2 atom stereocenters. The van der Waals surface area contributed by atoms with Crippen molar-refractivity contribution < 1.29 is 9.90 Å². The van der Waals surface area contributed by atoms with Crippen LogP contribution in [0.4, 0.5) is 5.95 Å². The lowest BCUT2D eigenvalue weighted by Gasteiger charge is -2.37. The van der Waals surface area contributed by atoms with Gasteiger partial charge in [0.05, 0.1) is 15.6 Å². The summed E-state index contributed by atoms with van der Waals surface area (Å²) < 4.78 is 2.72. The maximum absolute atomic E-state index is 13.0. The van der Waals surface area contributed by atoms with Crippen molar-refractivity contribution >= 4 is 49.3 Å². The zero-order chi connectivity index (χ0) is 21.3. The maximum atomic E-state index is 13.0. The van der Waals surface area contributed by atoms with Gasteiger partial charge in [-0.25, -0.2) is 9.78 Å². The molecule has 0 amide bonds. The number of para-hydroxylation sites is 1. The summed E-state index contributed by atoms with van der Waals surface area (Å²) in [4.78, 5) is 39.4. The Morgan fingerprint density at radius 3 is 2.90 bits per heavy atom. The van der Waals surface area contributed by atoms with E-state index in [1.807, 2.05) is 28.7 Å². The summed E-state index contributed by atoms with van der Waals surface area (Å²) in [5.74, 6) is -0.0309. The minimum atomic E-state index is -1.23. The van der Waals surface area contributed by atoms with Gasteiger partial charge in [0.15, 0.2) is 5.65 Å². The van der Waals surface area contributed by atoms with Crippen LogP contribution in [0.5, 0.6) is 0 Å². The zero-order valence-electron chi connectivity index (χ0n) is 17.0. The van der Waals surface area contributed by atoms with Crippen molar-refractivity contribution in [2.24, 2.45) is 5.92 Å². The standard InChI is InChI=1S/C22H21N5O3S/c1-25-8-6-12-11-26(9-7-14(12)25)22-23-10-13-18(28)17(21(29)30)20-27(19(13)24-22)15-4-2-3-5-16(15)31-20/h2-5,10,12,14H,6-9,11H2,1H3,(H,29,30). The molecule has 2 saturated heterocycles. The van der Waals surface area contributed by atoms with Gasteiger partial charge in [-0.1, -0.05) is 12.1 Å². The minimum Gasteiger partial charge on any atom is -0.477 e. The molecule has 1 aromatic carbocycles. The molecule has 1 N–H and O–H groups in total. The maximum Gasteiger partial charge on any atom is 0.342 e. The molecule has 2 unspecified atom stereocenters. The summed E-state index contributed by atoms with van der Waals surface area (Å²) in [5, 5.41) is 9.99. The number of likely N-dealkylation sites (tertiary alicyclic amines) is 1. The lowest BCUT2D eigenvalue weighted by molar-refractivity contribution is 0.0697. The summed E-state index contributed by atoms with van der Waals surface area (Å²) in [7, 11) is 2.19. The van der Waals surface area contributed by atoms with Crippen molar-refractivity contribution in [3.05, 3.63) is 46.2 Å². The number of carboxylic acids is 1. The van der Waals surface area contributed by atoms with Gasteiger partial charge >= 0.3 is 5.97 Å². The number of benzene rings is 1. The number of hydrogen-bond donors (Lipinski definition) is 1. The van der Waals surface area contributed by atoms with E-state index >= 15 is 0 Å². The molecule has 0 aliphatic carbocycles. The average molecular weight is 436 g/mol. The number of anilines is 1. The first-order valence-electron chi connectivity index (χ1n) is 10.4. The number of nitrogens with zero attached hydrogens (tertiary/aromatic N) is 5. The molecule has 0 radical (unpaired) electrons. The van der Waals surface area contributed by atoms with Crippen molar-refractivity contribution in [1.82, 2.24) is 19.3 Å². The Bertz CT molecular complexity index is 1430. The first kappa shape index (κ1) is 18.7. The normalized spacial score (nSPS) is 21.9. The Morgan fingerprint density at radius 2 is 2.06 bits per heavy atom. The van der Waals surface area contributed by atoms with Crippen LogP contribution in [0.15, 0.2) is 35.3 Å². The molecule has 0 bridgehead atoms. The summed E-state index contributed by atoms with van der Waals surface area (Å²) in [6, 6.07) is 8.28. The number of thiazole rings is 1. The first-order chi connectivity index (χ1) is 15.0. The third-order valence-electron chi connectivity index (χ3n) is 6.78. The third kappa shape index (κ3) is 2.69. The number of piperidine rings is 1. The number of hydrogen-bond acceptors (Lipinski definition) is 7. The molecule has 4 aromatic rings. The second-order valence-electron chi connectivity index (χ2n) is 8.46. The molecular weight excluding hydrogens is 414 g/mol. The average Bonchev–Trinajstić information content (AvgIpc) is 3.33. The van der Waals surface area contributed by atoms with E-state index in [1.54, 1.807) is 0 Å². The van der Waals surface area contributed by atoms with Crippen LogP contribution in [0, 0.1) is 5.92 Å². The van der Waals surface area contributed by atoms with E-state index in [4.69, 9.17) is 4.98 Å². The van der Waals surface area contributed by atoms with Gasteiger partial charge in [-0.05, 0) is 44.5 Å². The summed E-state index contributed by atoms with van der Waals surface area (Å²) >= 11 is 1.30. The molecule has 2 aliphatic rings. The monoisotopic (exact) mass is 435 g/mol. The minimum absolute atomic E-state index is 0.222. The van der Waals surface area contributed by atoms with Crippen LogP contribution in [0.1, 0.15) is 23.2 Å². The first-order valence-corrected chi connectivity index (χ1v) is 11.3. The number of carboxylic acid groups (broad SMARTS) is 1. The molecule has 158 valence electrons. The van der Waals surface area contributed by atoms with Gasteiger partial charge in [0.25, 0.3) is 0 Å². The molecule has 2 aliphatic heterocycles.